The molecule has 1 amide bonds. The van der Waals surface area contributed by atoms with Crippen LogP contribution in [0.4, 0.5) is 0 Å². The third kappa shape index (κ3) is 3.20. The van der Waals surface area contributed by atoms with Crippen LogP contribution in [0, 0.1) is 18.8 Å². The Hall–Kier alpha value is -1.82. The molecule has 1 N–H and O–H groups in total. The number of carbonyl (C=O) groups excluding carboxylic acids is 1. The molecule has 0 radical (unpaired) electrons. The largest absolute Gasteiger partial charge is 0.459 e. The molecule has 130 valence electrons. The molecule has 0 unspecified atom stereocenters. The summed E-state index contributed by atoms with van der Waals surface area (Å²) in [6, 6.07) is 7.52. The van der Waals surface area contributed by atoms with Gasteiger partial charge in [-0.1, -0.05) is 32.0 Å². The fourth-order valence-electron chi connectivity index (χ4n) is 3.30. The lowest BCUT2D eigenvalue weighted by Gasteiger charge is -2.23. The maximum Gasteiger partial charge on any atom is 0.224 e. The number of amides is 1. The first-order chi connectivity index (χ1) is 11.3. The number of furan rings is 1. The smallest absolute Gasteiger partial charge is 0.224 e. The highest BCUT2D eigenvalue weighted by atomic mass is 32.2. The molecule has 2 heterocycles. The second-order valence-electron chi connectivity index (χ2n) is 6.92. The van der Waals surface area contributed by atoms with E-state index in [-0.39, 0.29) is 29.4 Å². The van der Waals surface area contributed by atoms with Crippen LogP contribution < -0.4 is 5.32 Å². The molecule has 1 aliphatic rings. The lowest BCUT2D eigenvalue weighted by molar-refractivity contribution is -0.125. The van der Waals surface area contributed by atoms with Gasteiger partial charge in [0.25, 0.3) is 0 Å². The minimum absolute atomic E-state index is 0.0528. The number of hydrogen-bond donors (Lipinski definition) is 1. The maximum atomic E-state index is 12.5. The summed E-state index contributed by atoms with van der Waals surface area (Å²) in [7, 11) is -3.07. The fraction of sp³-hybridized carbons (Fsp3) is 0.500. The van der Waals surface area contributed by atoms with Gasteiger partial charge >= 0.3 is 0 Å². The predicted octanol–water partition coefficient (Wildman–Crippen LogP) is 2.99. The highest BCUT2D eigenvalue weighted by Gasteiger charge is 2.35. The Kier molecular flexibility index (Phi) is 4.42. The van der Waals surface area contributed by atoms with E-state index in [9.17, 15) is 13.2 Å². The first kappa shape index (κ1) is 17.0. The van der Waals surface area contributed by atoms with Crippen LogP contribution >= 0.6 is 0 Å². The number of fused-ring (bicyclic) bond motifs is 1. The van der Waals surface area contributed by atoms with Crippen molar-refractivity contribution in [2.24, 2.45) is 11.8 Å². The molecule has 0 aliphatic carbocycles. The quantitative estimate of drug-likeness (QED) is 0.920. The summed E-state index contributed by atoms with van der Waals surface area (Å²) in [5.74, 6) is 0.270. The van der Waals surface area contributed by atoms with Gasteiger partial charge in [0.1, 0.15) is 11.3 Å². The van der Waals surface area contributed by atoms with Crippen LogP contribution in [0.2, 0.25) is 0 Å². The molecular formula is C18H23NO4S. The summed E-state index contributed by atoms with van der Waals surface area (Å²) in [5.41, 5.74) is 1.82. The Morgan fingerprint density at radius 3 is 2.58 bits per heavy atom. The van der Waals surface area contributed by atoms with Crippen molar-refractivity contribution in [3.8, 4) is 0 Å². The van der Waals surface area contributed by atoms with Crippen molar-refractivity contribution in [3.05, 3.63) is 35.6 Å². The standard InChI is InChI=1S/C18H23NO4S/c1-11(2)16(19-18(20)13-8-9-24(21,22)10-13)17-12(3)14-6-4-5-7-15(14)23-17/h4-7,11,13,16H,8-10H2,1-3H3,(H,19,20)/t13-,16+/m1/s1. The molecule has 1 saturated heterocycles. The van der Waals surface area contributed by atoms with Crippen LogP contribution in [-0.2, 0) is 14.6 Å². The van der Waals surface area contributed by atoms with E-state index < -0.39 is 15.8 Å². The van der Waals surface area contributed by atoms with Gasteiger partial charge in [0.15, 0.2) is 9.84 Å². The number of carbonyl (C=O) groups is 1. The van der Waals surface area contributed by atoms with Crippen molar-refractivity contribution >= 4 is 26.7 Å². The molecule has 1 aromatic heterocycles. The Bertz CT molecular complexity index is 866. The molecule has 3 rings (SSSR count). The normalized spacial score (nSPS) is 21.2. The van der Waals surface area contributed by atoms with Crippen molar-refractivity contribution in [3.63, 3.8) is 0 Å². The monoisotopic (exact) mass is 349 g/mol. The van der Waals surface area contributed by atoms with Crippen molar-refractivity contribution in [2.45, 2.75) is 33.2 Å². The fourth-order valence-corrected chi connectivity index (χ4v) is 5.04. The number of hydrogen-bond acceptors (Lipinski definition) is 4. The minimum Gasteiger partial charge on any atom is -0.459 e. The van der Waals surface area contributed by atoms with Gasteiger partial charge < -0.3 is 9.73 Å². The van der Waals surface area contributed by atoms with Crippen LogP contribution in [-0.4, -0.2) is 25.8 Å². The maximum absolute atomic E-state index is 12.5. The number of para-hydroxylation sites is 1. The van der Waals surface area contributed by atoms with E-state index in [1.54, 1.807) is 0 Å². The molecule has 1 aliphatic heterocycles. The summed E-state index contributed by atoms with van der Waals surface area (Å²) in [6.45, 7) is 6.02. The summed E-state index contributed by atoms with van der Waals surface area (Å²) in [4.78, 5) is 12.5. The van der Waals surface area contributed by atoms with Crippen LogP contribution in [0.15, 0.2) is 28.7 Å². The number of sulfone groups is 1. The Morgan fingerprint density at radius 2 is 2.00 bits per heavy atom. The van der Waals surface area contributed by atoms with Crippen molar-refractivity contribution in [2.75, 3.05) is 11.5 Å². The zero-order chi connectivity index (χ0) is 17.5. The molecule has 1 aromatic carbocycles. The van der Waals surface area contributed by atoms with E-state index in [4.69, 9.17) is 4.42 Å². The van der Waals surface area contributed by atoms with Crippen molar-refractivity contribution in [1.82, 2.24) is 5.32 Å². The number of aryl methyl sites for hydroxylation is 1. The van der Waals surface area contributed by atoms with Crippen molar-refractivity contribution < 1.29 is 17.6 Å². The number of rotatable bonds is 4. The van der Waals surface area contributed by atoms with Gasteiger partial charge in [-0.05, 0) is 25.3 Å². The van der Waals surface area contributed by atoms with Gasteiger partial charge in [-0.3, -0.25) is 4.79 Å². The first-order valence-electron chi connectivity index (χ1n) is 8.27. The van der Waals surface area contributed by atoms with E-state index in [0.717, 1.165) is 22.3 Å². The van der Waals surface area contributed by atoms with E-state index >= 15 is 0 Å². The minimum atomic E-state index is -3.07. The molecule has 1 fully saturated rings. The summed E-state index contributed by atoms with van der Waals surface area (Å²) < 4.78 is 29.2. The van der Waals surface area contributed by atoms with Crippen LogP contribution in [0.1, 0.15) is 37.6 Å². The predicted molar refractivity (Wildman–Crippen MR) is 93.4 cm³/mol. The highest BCUT2D eigenvalue weighted by molar-refractivity contribution is 7.91. The topological polar surface area (TPSA) is 76.4 Å². The third-order valence-electron chi connectivity index (χ3n) is 4.73. The Labute approximate surface area is 142 Å². The molecule has 0 saturated carbocycles. The lowest BCUT2D eigenvalue weighted by atomic mass is 9.97. The second kappa shape index (κ2) is 6.24. The van der Waals surface area contributed by atoms with Gasteiger partial charge in [0.05, 0.1) is 23.5 Å². The zero-order valence-corrected chi connectivity index (χ0v) is 15.0. The van der Waals surface area contributed by atoms with Gasteiger partial charge in [-0.15, -0.1) is 0 Å². The summed E-state index contributed by atoms with van der Waals surface area (Å²) in [5, 5.41) is 4.05. The molecule has 24 heavy (non-hydrogen) atoms. The van der Waals surface area contributed by atoms with E-state index in [1.165, 1.54) is 0 Å². The van der Waals surface area contributed by atoms with E-state index in [0.29, 0.717) is 6.42 Å². The second-order valence-corrected chi connectivity index (χ2v) is 9.15. The number of nitrogens with one attached hydrogen (secondary N) is 1. The molecular weight excluding hydrogens is 326 g/mol. The lowest BCUT2D eigenvalue weighted by Crippen LogP contribution is -2.36. The Morgan fingerprint density at radius 1 is 1.29 bits per heavy atom. The van der Waals surface area contributed by atoms with Crippen molar-refractivity contribution in [1.29, 1.82) is 0 Å². The van der Waals surface area contributed by atoms with Crippen LogP contribution in [0.3, 0.4) is 0 Å². The van der Waals surface area contributed by atoms with Gasteiger partial charge in [0, 0.05) is 10.9 Å². The average molecular weight is 349 g/mol. The highest BCUT2D eigenvalue weighted by Crippen LogP contribution is 2.33. The Balaban J connectivity index is 1.87. The zero-order valence-electron chi connectivity index (χ0n) is 14.2. The van der Waals surface area contributed by atoms with E-state index in [2.05, 4.69) is 5.32 Å². The molecule has 6 heteroatoms. The van der Waals surface area contributed by atoms with Crippen LogP contribution in [0.5, 0.6) is 0 Å². The van der Waals surface area contributed by atoms with Gasteiger partial charge in [-0.2, -0.15) is 0 Å². The number of benzene rings is 1. The summed E-state index contributed by atoms with van der Waals surface area (Å²) >= 11 is 0. The molecule has 5 nitrogen and oxygen atoms in total. The molecule has 2 aromatic rings. The molecule has 0 bridgehead atoms. The first-order valence-corrected chi connectivity index (χ1v) is 10.1. The van der Waals surface area contributed by atoms with Gasteiger partial charge in [-0.25, -0.2) is 8.42 Å². The third-order valence-corrected chi connectivity index (χ3v) is 6.50. The SMILES string of the molecule is Cc1c([C@@H](NC(=O)[C@@H]2CCS(=O)(=O)C2)C(C)C)oc2ccccc12. The van der Waals surface area contributed by atoms with Gasteiger partial charge in [0.2, 0.25) is 5.91 Å². The van der Waals surface area contributed by atoms with E-state index in [1.807, 2.05) is 45.0 Å². The summed E-state index contributed by atoms with van der Waals surface area (Å²) in [6.07, 6.45) is 0.401. The molecule has 2 atom stereocenters. The molecule has 0 spiro atoms. The van der Waals surface area contributed by atoms with Crippen LogP contribution in [0.25, 0.3) is 11.0 Å². The average Bonchev–Trinajstić information content (AvgIpc) is 3.05.